The monoisotopic (exact) mass is 157 g/mol. The van der Waals surface area contributed by atoms with Crippen molar-refractivity contribution in [2.75, 3.05) is 7.05 Å². The average Bonchev–Trinajstić information content (AvgIpc) is 1.88. The summed E-state index contributed by atoms with van der Waals surface area (Å²) in [5, 5.41) is 2.76. The molecule has 0 fully saturated rings. The summed E-state index contributed by atoms with van der Waals surface area (Å²) < 4.78 is 4.92. The van der Waals surface area contributed by atoms with Crippen LogP contribution in [0.15, 0.2) is 12.7 Å². The maximum Gasteiger partial charge on any atom is 0.327 e. The number of rotatable bonds is 4. The molecule has 0 bridgehead atoms. The Morgan fingerprint density at radius 2 is 2.18 bits per heavy atom. The van der Waals surface area contributed by atoms with Gasteiger partial charge in [0.05, 0.1) is 6.10 Å². The first-order valence-electron chi connectivity index (χ1n) is 3.62. The molecule has 3 nitrogen and oxygen atoms in total. The Kier molecular flexibility index (Phi) is 4.54. The van der Waals surface area contributed by atoms with E-state index in [-0.39, 0.29) is 12.1 Å². The second-order valence-electron chi connectivity index (χ2n) is 2.49. The largest absolute Gasteiger partial charge is 0.462 e. The minimum absolute atomic E-state index is 0.0710. The van der Waals surface area contributed by atoms with Gasteiger partial charge in [0.1, 0.15) is 6.04 Å². The van der Waals surface area contributed by atoms with E-state index in [1.54, 1.807) is 7.05 Å². The molecule has 0 aliphatic rings. The van der Waals surface area contributed by atoms with Gasteiger partial charge in [0.25, 0.3) is 0 Å². The highest BCUT2D eigenvalue weighted by atomic mass is 16.5. The Bertz CT molecular complexity index is 143. The Morgan fingerprint density at radius 3 is 2.45 bits per heavy atom. The van der Waals surface area contributed by atoms with E-state index in [2.05, 4.69) is 11.9 Å². The quantitative estimate of drug-likeness (QED) is 0.482. The molecule has 0 saturated carbocycles. The molecule has 0 heterocycles. The van der Waals surface area contributed by atoms with Crippen molar-refractivity contribution in [3.05, 3.63) is 12.7 Å². The molecule has 0 aromatic carbocycles. The number of ether oxygens (including phenoxy) is 1. The number of hydrogen-bond acceptors (Lipinski definition) is 3. The lowest BCUT2D eigenvalue weighted by Crippen LogP contribution is -2.34. The van der Waals surface area contributed by atoms with Crippen LogP contribution in [0.25, 0.3) is 0 Å². The Hall–Kier alpha value is -0.830. The van der Waals surface area contributed by atoms with E-state index in [4.69, 9.17) is 4.74 Å². The molecule has 11 heavy (non-hydrogen) atoms. The second kappa shape index (κ2) is 4.91. The molecule has 0 amide bonds. The Labute approximate surface area is 67.4 Å². The van der Waals surface area contributed by atoms with Gasteiger partial charge in [-0.15, -0.1) is 6.58 Å². The SMILES string of the molecule is C=C[C@H](NC)C(=O)OC(C)C. The molecular weight excluding hydrogens is 142 g/mol. The molecular formula is C8H15NO2. The maximum absolute atomic E-state index is 11.1. The third kappa shape index (κ3) is 3.78. The van der Waals surface area contributed by atoms with E-state index in [1.807, 2.05) is 13.8 Å². The summed E-state index contributed by atoms with van der Waals surface area (Å²) >= 11 is 0. The normalized spacial score (nSPS) is 12.7. The number of carbonyl (C=O) groups excluding carboxylic acids is 1. The lowest BCUT2D eigenvalue weighted by molar-refractivity contribution is -0.148. The zero-order chi connectivity index (χ0) is 8.85. The van der Waals surface area contributed by atoms with Gasteiger partial charge in [0.2, 0.25) is 0 Å². The molecule has 0 spiro atoms. The molecule has 1 N–H and O–H groups in total. The molecule has 0 unspecified atom stereocenters. The molecule has 3 heteroatoms. The van der Waals surface area contributed by atoms with Gasteiger partial charge in [0, 0.05) is 0 Å². The van der Waals surface area contributed by atoms with E-state index in [0.29, 0.717) is 0 Å². The molecule has 0 saturated heterocycles. The lowest BCUT2D eigenvalue weighted by atomic mass is 10.3. The molecule has 64 valence electrons. The van der Waals surface area contributed by atoms with Gasteiger partial charge < -0.3 is 10.1 Å². The molecule has 1 atom stereocenters. The summed E-state index contributed by atoms with van der Waals surface area (Å²) in [5.74, 6) is -0.280. The summed E-state index contributed by atoms with van der Waals surface area (Å²) in [6.07, 6.45) is 1.45. The molecule has 0 radical (unpaired) electrons. The van der Waals surface area contributed by atoms with E-state index in [1.165, 1.54) is 6.08 Å². The molecule has 0 aromatic heterocycles. The highest BCUT2D eigenvalue weighted by Gasteiger charge is 2.14. The molecule has 0 aliphatic carbocycles. The summed E-state index contributed by atoms with van der Waals surface area (Å²) in [6, 6.07) is -0.391. The van der Waals surface area contributed by atoms with E-state index in [0.717, 1.165) is 0 Å². The van der Waals surface area contributed by atoms with Crippen LogP contribution in [-0.2, 0) is 9.53 Å². The van der Waals surface area contributed by atoms with Crippen molar-refractivity contribution in [2.24, 2.45) is 0 Å². The summed E-state index contributed by atoms with van der Waals surface area (Å²) in [7, 11) is 1.69. The molecule has 0 aromatic rings. The zero-order valence-electron chi connectivity index (χ0n) is 7.26. The van der Waals surface area contributed by atoms with Crippen LogP contribution in [0.3, 0.4) is 0 Å². The number of carbonyl (C=O) groups is 1. The van der Waals surface area contributed by atoms with Crippen molar-refractivity contribution in [3.8, 4) is 0 Å². The Balaban J connectivity index is 3.89. The van der Waals surface area contributed by atoms with Crippen LogP contribution < -0.4 is 5.32 Å². The fourth-order valence-electron chi connectivity index (χ4n) is 0.638. The number of likely N-dealkylation sites (N-methyl/N-ethyl adjacent to an activating group) is 1. The predicted molar refractivity (Wildman–Crippen MR) is 44.3 cm³/mol. The van der Waals surface area contributed by atoms with E-state index < -0.39 is 6.04 Å². The third-order valence-electron chi connectivity index (χ3n) is 1.15. The third-order valence-corrected chi connectivity index (χ3v) is 1.15. The van der Waals surface area contributed by atoms with Crippen LogP contribution in [0.1, 0.15) is 13.8 Å². The second-order valence-corrected chi connectivity index (χ2v) is 2.49. The highest BCUT2D eigenvalue weighted by Crippen LogP contribution is 1.94. The minimum atomic E-state index is -0.391. The predicted octanol–water partition coefficient (Wildman–Crippen LogP) is 0.712. The van der Waals surface area contributed by atoms with Crippen LogP contribution in [0.4, 0.5) is 0 Å². The summed E-state index contributed by atoms with van der Waals surface area (Å²) in [6.45, 7) is 7.12. The first-order chi connectivity index (χ1) is 5.11. The molecule has 0 rings (SSSR count). The van der Waals surface area contributed by atoms with Crippen LogP contribution in [0.2, 0.25) is 0 Å². The first-order valence-corrected chi connectivity index (χ1v) is 3.62. The van der Waals surface area contributed by atoms with Crippen LogP contribution in [0, 0.1) is 0 Å². The van der Waals surface area contributed by atoms with Crippen molar-refractivity contribution in [2.45, 2.75) is 26.0 Å². The van der Waals surface area contributed by atoms with Crippen molar-refractivity contribution in [3.63, 3.8) is 0 Å². The van der Waals surface area contributed by atoms with Crippen LogP contribution in [-0.4, -0.2) is 25.2 Å². The van der Waals surface area contributed by atoms with Gasteiger partial charge in [-0.1, -0.05) is 6.08 Å². The van der Waals surface area contributed by atoms with Crippen molar-refractivity contribution in [1.82, 2.24) is 5.32 Å². The minimum Gasteiger partial charge on any atom is -0.462 e. The lowest BCUT2D eigenvalue weighted by Gasteiger charge is -2.12. The maximum atomic E-state index is 11.1. The fourth-order valence-corrected chi connectivity index (χ4v) is 0.638. The first kappa shape index (κ1) is 10.2. The van der Waals surface area contributed by atoms with Gasteiger partial charge in [-0.3, -0.25) is 0 Å². The smallest absolute Gasteiger partial charge is 0.327 e. The van der Waals surface area contributed by atoms with Gasteiger partial charge in [0.15, 0.2) is 0 Å². The topological polar surface area (TPSA) is 38.3 Å². The Morgan fingerprint density at radius 1 is 1.64 bits per heavy atom. The fraction of sp³-hybridized carbons (Fsp3) is 0.625. The van der Waals surface area contributed by atoms with Gasteiger partial charge in [-0.25, -0.2) is 4.79 Å². The number of hydrogen-bond donors (Lipinski definition) is 1. The number of esters is 1. The highest BCUT2D eigenvalue weighted by molar-refractivity contribution is 5.77. The van der Waals surface area contributed by atoms with Crippen LogP contribution >= 0.6 is 0 Å². The standard InChI is InChI=1S/C8H15NO2/c1-5-7(9-4)8(10)11-6(2)3/h5-7,9H,1H2,2-4H3/t7-/m0/s1. The number of nitrogens with one attached hydrogen (secondary N) is 1. The van der Waals surface area contributed by atoms with Gasteiger partial charge >= 0.3 is 5.97 Å². The summed E-state index contributed by atoms with van der Waals surface area (Å²) in [5.41, 5.74) is 0. The van der Waals surface area contributed by atoms with E-state index in [9.17, 15) is 4.79 Å². The molecule has 0 aliphatic heterocycles. The van der Waals surface area contributed by atoms with Crippen molar-refractivity contribution in [1.29, 1.82) is 0 Å². The van der Waals surface area contributed by atoms with Crippen LogP contribution in [0.5, 0.6) is 0 Å². The van der Waals surface area contributed by atoms with Crippen molar-refractivity contribution < 1.29 is 9.53 Å². The van der Waals surface area contributed by atoms with Gasteiger partial charge in [-0.05, 0) is 20.9 Å². The zero-order valence-corrected chi connectivity index (χ0v) is 7.26. The van der Waals surface area contributed by atoms with Gasteiger partial charge in [-0.2, -0.15) is 0 Å². The van der Waals surface area contributed by atoms with E-state index >= 15 is 0 Å². The summed E-state index contributed by atoms with van der Waals surface area (Å²) in [4.78, 5) is 11.1. The van der Waals surface area contributed by atoms with Crippen molar-refractivity contribution >= 4 is 5.97 Å². The average molecular weight is 157 g/mol.